The van der Waals surface area contributed by atoms with Gasteiger partial charge in [-0.1, -0.05) is 6.07 Å². The minimum absolute atomic E-state index is 0.120. The molecule has 0 aliphatic heterocycles. The van der Waals surface area contributed by atoms with Gasteiger partial charge in [0.1, 0.15) is 23.7 Å². The molecule has 1 N–H and O–H groups in total. The van der Waals surface area contributed by atoms with Crippen LogP contribution in [0.2, 0.25) is 0 Å². The molecule has 1 aromatic carbocycles. The first-order valence-corrected chi connectivity index (χ1v) is 5.63. The van der Waals surface area contributed by atoms with Gasteiger partial charge in [-0.3, -0.25) is 4.98 Å². The fourth-order valence-corrected chi connectivity index (χ4v) is 1.61. The van der Waals surface area contributed by atoms with Crippen molar-refractivity contribution in [3.63, 3.8) is 0 Å². The normalized spacial score (nSPS) is 9.95. The number of benzene rings is 1. The molecule has 0 atom stereocenters. The number of carboxylic acids is 1. The summed E-state index contributed by atoms with van der Waals surface area (Å²) in [6.45, 7) is 0.274. The van der Waals surface area contributed by atoms with E-state index in [1.54, 1.807) is 36.7 Å². The maximum atomic E-state index is 11.1. The van der Waals surface area contributed by atoms with E-state index in [9.17, 15) is 4.79 Å². The molecule has 5 heteroatoms. The Hall–Kier alpha value is -2.56. The molecule has 0 radical (unpaired) electrons. The molecule has 0 saturated heterocycles. The Morgan fingerprint density at radius 2 is 2.21 bits per heavy atom. The Morgan fingerprint density at radius 1 is 1.37 bits per heavy atom. The standard InChI is InChI=1S/C14H13NO4/c1-18-13-5-4-10(7-12(13)14(16)17)9-19-11-3-2-6-15-8-11/h2-8H,9H2,1H3,(H,16,17). The summed E-state index contributed by atoms with van der Waals surface area (Å²) in [5.41, 5.74) is 0.872. The number of nitrogens with zero attached hydrogens (tertiary/aromatic N) is 1. The number of aromatic carboxylic acids is 1. The summed E-state index contributed by atoms with van der Waals surface area (Å²) in [5, 5.41) is 9.08. The summed E-state index contributed by atoms with van der Waals surface area (Å²) in [5.74, 6) is -0.0621. The van der Waals surface area contributed by atoms with Gasteiger partial charge in [-0.25, -0.2) is 4.79 Å². The highest BCUT2D eigenvalue weighted by Gasteiger charge is 2.11. The monoisotopic (exact) mass is 259 g/mol. The van der Waals surface area contributed by atoms with Gasteiger partial charge >= 0.3 is 5.97 Å². The molecule has 2 aromatic rings. The number of carbonyl (C=O) groups is 1. The number of carboxylic acid groups (broad SMARTS) is 1. The third kappa shape index (κ3) is 3.22. The van der Waals surface area contributed by atoms with Crippen LogP contribution in [0.1, 0.15) is 15.9 Å². The van der Waals surface area contributed by atoms with Crippen LogP contribution in [0.15, 0.2) is 42.7 Å². The second kappa shape index (κ2) is 5.86. The molecule has 0 amide bonds. The fourth-order valence-electron chi connectivity index (χ4n) is 1.61. The minimum atomic E-state index is -1.03. The third-order valence-electron chi connectivity index (χ3n) is 2.53. The van der Waals surface area contributed by atoms with Gasteiger partial charge in [-0.05, 0) is 29.8 Å². The van der Waals surface area contributed by atoms with Crippen molar-refractivity contribution in [3.8, 4) is 11.5 Å². The predicted molar refractivity (Wildman–Crippen MR) is 68.5 cm³/mol. The number of hydrogen-bond acceptors (Lipinski definition) is 4. The maximum absolute atomic E-state index is 11.1. The van der Waals surface area contributed by atoms with E-state index in [-0.39, 0.29) is 12.2 Å². The Bertz CT molecular complexity index is 569. The van der Waals surface area contributed by atoms with Crippen molar-refractivity contribution in [1.82, 2.24) is 4.98 Å². The number of ether oxygens (including phenoxy) is 2. The number of methoxy groups -OCH3 is 1. The molecule has 98 valence electrons. The lowest BCUT2D eigenvalue weighted by Crippen LogP contribution is -2.03. The molecule has 0 aliphatic carbocycles. The fraction of sp³-hybridized carbons (Fsp3) is 0.143. The van der Waals surface area contributed by atoms with Gasteiger partial charge in [0.15, 0.2) is 0 Å². The van der Waals surface area contributed by atoms with Crippen molar-refractivity contribution in [3.05, 3.63) is 53.9 Å². The Labute approximate surface area is 110 Å². The van der Waals surface area contributed by atoms with Crippen molar-refractivity contribution < 1.29 is 19.4 Å². The summed E-state index contributed by atoms with van der Waals surface area (Å²) in [6, 6.07) is 8.48. The average molecular weight is 259 g/mol. The lowest BCUT2D eigenvalue weighted by molar-refractivity contribution is 0.0693. The molecule has 0 spiro atoms. The predicted octanol–water partition coefficient (Wildman–Crippen LogP) is 2.37. The zero-order valence-corrected chi connectivity index (χ0v) is 10.4. The summed E-state index contributed by atoms with van der Waals surface area (Å²) >= 11 is 0. The van der Waals surface area contributed by atoms with Crippen LogP contribution in [0, 0.1) is 0 Å². The Balaban J connectivity index is 2.13. The molecule has 1 heterocycles. The molecule has 0 saturated carbocycles. The van der Waals surface area contributed by atoms with E-state index in [2.05, 4.69) is 4.98 Å². The molecule has 1 aromatic heterocycles. The first-order valence-electron chi connectivity index (χ1n) is 5.63. The molecule has 2 rings (SSSR count). The van der Waals surface area contributed by atoms with Gasteiger partial charge in [0.2, 0.25) is 0 Å². The maximum Gasteiger partial charge on any atom is 0.339 e. The van der Waals surface area contributed by atoms with E-state index in [4.69, 9.17) is 14.6 Å². The van der Waals surface area contributed by atoms with Crippen molar-refractivity contribution in [2.75, 3.05) is 7.11 Å². The lowest BCUT2D eigenvalue weighted by Gasteiger charge is -2.09. The van der Waals surface area contributed by atoms with Gasteiger partial charge < -0.3 is 14.6 Å². The zero-order valence-electron chi connectivity index (χ0n) is 10.4. The van der Waals surface area contributed by atoms with E-state index in [1.807, 2.05) is 0 Å². The topological polar surface area (TPSA) is 68.7 Å². The smallest absolute Gasteiger partial charge is 0.339 e. The highest BCUT2D eigenvalue weighted by atomic mass is 16.5. The molecule has 0 aliphatic rings. The molecule has 0 bridgehead atoms. The van der Waals surface area contributed by atoms with Gasteiger partial charge in [0.25, 0.3) is 0 Å². The van der Waals surface area contributed by atoms with Crippen molar-refractivity contribution >= 4 is 5.97 Å². The van der Waals surface area contributed by atoms with E-state index < -0.39 is 5.97 Å². The first kappa shape index (κ1) is 12.9. The van der Waals surface area contributed by atoms with Gasteiger partial charge in [-0.2, -0.15) is 0 Å². The van der Waals surface area contributed by atoms with E-state index in [0.717, 1.165) is 5.56 Å². The quantitative estimate of drug-likeness (QED) is 0.892. The second-order valence-corrected chi connectivity index (χ2v) is 3.82. The lowest BCUT2D eigenvalue weighted by atomic mass is 10.1. The molecular formula is C14H13NO4. The second-order valence-electron chi connectivity index (χ2n) is 3.82. The van der Waals surface area contributed by atoms with Crippen molar-refractivity contribution in [1.29, 1.82) is 0 Å². The van der Waals surface area contributed by atoms with Crippen LogP contribution in [0.25, 0.3) is 0 Å². The minimum Gasteiger partial charge on any atom is -0.496 e. The zero-order chi connectivity index (χ0) is 13.7. The number of aromatic nitrogens is 1. The van der Waals surface area contributed by atoms with Crippen LogP contribution in [0.5, 0.6) is 11.5 Å². The van der Waals surface area contributed by atoms with Crippen LogP contribution in [-0.2, 0) is 6.61 Å². The van der Waals surface area contributed by atoms with E-state index in [0.29, 0.717) is 11.5 Å². The SMILES string of the molecule is COc1ccc(COc2cccnc2)cc1C(=O)O. The molecular weight excluding hydrogens is 246 g/mol. The van der Waals surface area contributed by atoms with Gasteiger partial charge in [0, 0.05) is 6.20 Å². The van der Waals surface area contributed by atoms with E-state index >= 15 is 0 Å². The van der Waals surface area contributed by atoms with Gasteiger partial charge in [0.05, 0.1) is 13.3 Å². The summed E-state index contributed by atoms with van der Waals surface area (Å²) in [6.07, 6.45) is 3.25. The van der Waals surface area contributed by atoms with Crippen LogP contribution >= 0.6 is 0 Å². The molecule has 5 nitrogen and oxygen atoms in total. The average Bonchev–Trinajstić information content (AvgIpc) is 2.46. The van der Waals surface area contributed by atoms with Gasteiger partial charge in [-0.15, -0.1) is 0 Å². The highest BCUT2D eigenvalue weighted by Crippen LogP contribution is 2.20. The number of pyridine rings is 1. The van der Waals surface area contributed by atoms with E-state index in [1.165, 1.54) is 13.2 Å². The number of hydrogen-bond donors (Lipinski definition) is 1. The highest BCUT2D eigenvalue weighted by molar-refractivity contribution is 5.91. The van der Waals surface area contributed by atoms with Crippen LogP contribution in [0.3, 0.4) is 0 Å². The first-order chi connectivity index (χ1) is 9.20. The molecule has 0 unspecified atom stereocenters. The summed E-state index contributed by atoms with van der Waals surface area (Å²) < 4.78 is 10.5. The van der Waals surface area contributed by atoms with Crippen LogP contribution in [0.4, 0.5) is 0 Å². The van der Waals surface area contributed by atoms with Crippen LogP contribution in [-0.4, -0.2) is 23.2 Å². The molecule has 0 fully saturated rings. The van der Waals surface area contributed by atoms with Crippen LogP contribution < -0.4 is 9.47 Å². The summed E-state index contributed by atoms with van der Waals surface area (Å²) in [7, 11) is 1.44. The van der Waals surface area contributed by atoms with Crippen molar-refractivity contribution in [2.24, 2.45) is 0 Å². The Morgan fingerprint density at radius 3 is 2.84 bits per heavy atom. The Kier molecular flexibility index (Phi) is 3.97. The molecule has 19 heavy (non-hydrogen) atoms. The summed E-state index contributed by atoms with van der Waals surface area (Å²) in [4.78, 5) is 15.0. The largest absolute Gasteiger partial charge is 0.496 e. The number of rotatable bonds is 5. The van der Waals surface area contributed by atoms with Crippen molar-refractivity contribution in [2.45, 2.75) is 6.61 Å². The third-order valence-corrected chi connectivity index (χ3v) is 2.53.